The van der Waals surface area contributed by atoms with E-state index in [1.165, 1.54) is 0 Å². The number of carbonyl (C=O) groups is 1. The van der Waals surface area contributed by atoms with Crippen LogP contribution in [0.5, 0.6) is 5.75 Å². The van der Waals surface area contributed by atoms with Crippen LogP contribution in [0.25, 0.3) is 11.5 Å². The number of ether oxygens (including phenoxy) is 1. The summed E-state index contributed by atoms with van der Waals surface area (Å²) in [4.78, 5) is 28.4. The minimum Gasteiger partial charge on any atom is -0.497 e. The van der Waals surface area contributed by atoms with Gasteiger partial charge in [0.2, 0.25) is 5.91 Å². The van der Waals surface area contributed by atoms with E-state index < -0.39 is 6.10 Å². The lowest BCUT2D eigenvalue weighted by Crippen LogP contribution is -2.48. The maximum absolute atomic E-state index is 12.6. The van der Waals surface area contributed by atoms with Crippen LogP contribution in [-0.2, 0) is 17.6 Å². The fourth-order valence-electron chi connectivity index (χ4n) is 4.33. The van der Waals surface area contributed by atoms with Crippen LogP contribution in [0, 0.1) is 0 Å². The minimum absolute atomic E-state index is 0.102. The molecule has 8 nitrogen and oxygen atoms in total. The highest BCUT2D eigenvalue weighted by atomic mass is 16.5. The van der Waals surface area contributed by atoms with E-state index >= 15 is 0 Å². The summed E-state index contributed by atoms with van der Waals surface area (Å²) in [5.41, 5.74) is 2.78. The van der Waals surface area contributed by atoms with Gasteiger partial charge in [0.15, 0.2) is 5.82 Å². The number of aliphatic hydroxyl groups excluding tert-OH is 1. The highest BCUT2D eigenvalue weighted by molar-refractivity contribution is 5.81. The third-order valence-electron chi connectivity index (χ3n) is 5.93. The van der Waals surface area contributed by atoms with Crippen molar-refractivity contribution in [2.45, 2.75) is 57.1 Å². The Bertz CT molecular complexity index is 920. The number of aliphatic hydroxyl groups is 1. The Hall–Kier alpha value is -2.74. The summed E-state index contributed by atoms with van der Waals surface area (Å²) in [6.07, 6.45) is 7.68. The van der Waals surface area contributed by atoms with E-state index in [4.69, 9.17) is 14.7 Å². The number of pyridine rings is 1. The molecule has 1 saturated carbocycles. The second-order valence-electron chi connectivity index (χ2n) is 8.11. The van der Waals surface area contributed by atoms with Crippen molar-refractivity contribution in [3.63, 3.8) is 0 Å². The van der Waals surface area contributed by atoms with Crippen molar-refractivity contribution in [2.75, 3.05) is 25.6 Å². The molecule has 0 spiro atoms. The number of likely N-dealkylation sites (N-methyl/N-ethyl adjacent to an activating group) is 1. The third-order valence-corrected chi connectivity index (χ3v) is 5.93. The molecule has 0 radical (unpaired) electrons. The molecule has 2 atom stereocenters. The van der Waals surface area contributed by atoms with E-state index in [2.05, 4.69) is 10.3 Å². The summed E-state index contributed by atoms with van der Waals surface area (Å²) < 4.78 is 5.30. The smallest absolute Gasteiger partial charge is 0.239 e. The molecule has 4 rings (SSSR count). The number of aryl methyl sites for hydroxylation is 1. The van der Waals surface area contributed by atoms with E-state index in [1.54, 1.807) is 19.4 Å². The monoisotopic (exact) mass is 411 g/mol. The number of hydrogen-bond donors (Lipinski definition) is 2. The molecule has 2 heterocycles. The highest BCUT2D eigenvalue weighted by Gasteiger charge is 2.27. The fourth-order valence-corrected chi connectivity index (χ4v) is 4.33. The summed E-state index contributed by atoms with van der Waals surface area (Å²) in [7, 11) is 3.49. The minimum atomic E-state index is -0.456. The fraction of sp³-hybridized carbons (Fsp3) is 0.545. The second-order valence-corrected chi connectivity index (χ2v) is 8.11. The molecule has 2 N–H and O–H groups in total. The number of hydrogen-bond acceptors (Lipinski definition) is 7. The molecule has 2 aromatic heterocycles. The van der Waals surface area contributed by atoms with Crippen molar-refractivity contribution in [1.29, 1.82) is 0 Å². The van der Waals surface area contributed by atoms with Gasteiger partial charge in [0, 0.05) is 30.6 Å². The van der Waals surface area contributed by atoms with Gasteiger partial charge in [0.05, 0.1) is 25.8 Å². The van der Waals surface area contributed by atoms with Gasteiger partial charge in [-0.15, -0.1) is 0 Å². The van der Waals surface area contributed by atoms with Crippen LogP contribution < -0.4 is 15.0 Å². The summed E-state index contributed by atoms with van der Waals surface area (Å²) in [5, 5.41) is 13.1. The van der Waals surface area contributed by atoms with E-state index in [0.29, 0.717) is 17.3 Å². The van der Waals surface area contributed by atoms with Crippen molar-refractivity contribution in [3.8, 4) is 17.3 Å². The molecule has 30 heavy (non-hydrogen) atoms. The molecule has 8 heteroatoms. The first kappa shape index (κ1) is 20.5. The van der Waals surface area contributed by atoms with Crippen LogP contribution >= 0.6 is 0 Å². The van der Waals surface area contributed by atoms with Crippen molar-refractivity contribution in [3.05, 3.63) is 29.6 Å². The van der Waals surface area contributed by atoms with Gasteiger partial charge in [0.25, 0.3) is 0 Å². The average Bonchev–Trinajstić information content (AvgIpc) is 3.23. The molecule has 1 amide bonds. The lowest BCUT2D eigenvalue weighted by atomic mass is 9.92. The number of rotatable bonds is 6. The summed E-state index contributed by atoms with van der Waals surface area (Å²) in [6, 6.07) is 3.44. The Morgan fingerprint density at radius 1 is 1.27 bits per heavy atom. The van der Waals surface area contributed by atoms with Crippen LogP contribution in [0.15, 0.2) is 18.3 Å². The van der Waals surface area contributed by atoms with E-state index in [0.717, 1.165) is 62.0 Å². The van der Waals surface area contributed by atoms with Gasteiger partial charge in [-0.1, -0.05) is 12.8 Å². The topological polar surface area (TPSA) is 100 Å². The van der Waals surface area contributed by atoms with Crippen LogP contribution in [0.4, 0.5) is 5.82 Å². The lowest BCUT2D eigenvalue weighted by Gasteiger charge is -2.29. The molecule has 0 saturated heterocycles. The zero-order valence-electron chi connectivity index (χ0n) is 17.6. The molecule has 2 aliphatic carbocycles. The Morgan fingerprint density at radius 3 is 2.90 bits per heavy atom. The number of aromatic nitrogens is 3. The summed E-state index contributed by atoms with van der Waals surface area (Å²) >= 11 is 0. The molecule has 0 aliphatic heterocycles. The molecule has 2 aromatic rings. The van der Waals surface area contributed by atoms with Crippen LogP contribution in [0.1, 0.15) is 43.4 Å². The molecule has 2 aliphatic rings. The molecular weight excluding hydrogens is 382 g/mol. The number of anilines is 1. The predicted molar refractivity (Wildman–Crippen MR) is 114 cm³/mol. The zero-order chi connectivity index (χ0) is 21.1. The first-order chi connectivity index (χ1) is 14.5. The zero-order valence-corrected chi connectivity index (χ0v) is 17.6. The van der Waals surface area contributed by atoms with Gasteiger partial charge < -0.3 is 20.1 Å². The van der Waals surface area contributed by atoms with Gasteiger partial charge in [-0.25, -0.2) is 9.97 Å². The number of amides is 1. The third kappa shape index (κ3) is 4.38. The average molecular weight is 412 g/mol. The first-order valence-corrected chi connectivity index (χ1v) is 10.6. The maximum Gasteiger partial charge on any atom is 0.239 e. The van der Waals surface area contributed by atoms with Gasteiger partial charge in [-0.05, 0) is 38.2 Å². The Morgan fingerprint density at radius 2 is 2.10 bits per heavy atom. The molecular formula is C22H29N5O3. The van der Waals surface area contributed by atoms with Gasteiger partial charge in [-0.2, -0.15) is 0 Å². The quantitative estimate of drug-likeness (QED) is 0.749. The van der Waals surface area contributed by atoms with Crippen LogP contribution in [0.2, 0.25) is 0 Å². The Balaban J connectivity index is 1.55. The second kappa shape index (κ2) is 8.95. The number of methoxy groups -OCH3 is 1. The van der Waals surface area contributed by atoms with E-state index in [-0.39, 0.29) is 18.5 Å². The van der Waals surface area contributed by atoms with Crippen LogP contribution in [0.3, 0.4) is 0 Å². The molecule has 1 fully saturated rings. The van der Waals surface area contributed by atoms with Crippen molar-refractivity contribution in [1.82, 2.24) is 20.3 Å². The van der Waals surface area contributed by atoms with E-state index in [1.807, 2.05) is 18.0 Å². The molecule has 160 valence electrons. The van der Waals surface area contributed by atoms with Crippen molar-refractivity contribution < 1.29 is 14.6 Å². The lowest BCUT2D eigenvalue weighted by molar-refractivity contribution is -0.121. The molecule has 0 bridgehead atoms. The largest absolute Gasteiger partial charge is 0.497 e. The standard InChI is InChI=1S/C22H29N5O3/c1-27(13-20(29)24-17-7-3-4-9-19(17)28)22-15-6-5-8-16(15)25-21(26-22)18-12-14(30-2)10-11-23-18/h10-12,17,19,28H,3-9,13H2,1-2H3,(H,24,29)/t17-,19+/m1/s1. The van der Waals surface area contributed by atoms with Gasteiger partial charge in [-0.3, -0.25) is 9.78 Å². The van der Waals surface area contributed by atoms with Crippen molar-refractivity contribution >= 4 is 11.7 Å². The maximum atomic E-state index is 12.6. The number of fused-ring (bicyclic) bond motifs is 1. The number of carbonyl (C=O) groups excluding carboxylic acids is 1. The normalized spacial score (nSPS) is 20.5. The molecule has 0 aromatic carbocycles. The first-order valence-electron chi connectivity index (χ1n) is 10.6. The highest BCUT2D eigenvalue weighted by Crippen LogP contribution is 2.31. The number of nitrogens with one attached hydrogen (secondary N) is 1. The Kier molecular flexibility index (Phi) is 6.13. The Labute approximate surface area is 176 Å². The van der Waals surface area contributed by atoms with Gasteiger partial charge in [0.1, 0.15) is 17.3 Å². The van der Waals surface area contributed by atoms with Crippen LogP contribution in [-0.4, -0.2) is 58.8 Å². The predicted octanol–water partition coefficient (Wildman–Crippen LogP) is 1.89. The molecule has 0 unspecified atom stereocenters. The summed E-state index contributed by atoms with van der Waals surface area (Å²) in [6.45, 7) is 0.178. The number of nitrogens with zero attached hydrogens (tertiary/aromatic N) is 4. The SMILES string of the molecule is COc1ccnc(-c2nc3c(c(N(C)CC(=O)N[C@@H]4CCCC[C@@H]4O)n2)CCC3)c1. The van der Waals surface area contributed by atoms with Gasteiger partial charge >= 0.3 is 0 Å². The summed E-state index contributed by atoms with van der Waals surface area (Å²) in [5.74, 6) is 1.91. The van der Waals surface area contributed by atoms with E-state index in [9.17, 15) is 9.90 Å². The van der Waals surface area contributed by atoms with Crippen molar-refractivity contribution in [2.24, 2.45) is 0 Å².